The summed E-state index contributed by atoms with van der Waals surface area (Å²) in [5, 5.41) is 10.5. The van der Waals surface area contributed by atoms with E-state index in [1.807, 2.05) is 0 Å². The number of hydrogen-bond acceptors (Lipinski definition) is 5. The molecule has 0 N–H and O–H groups in total. The van der Waals surface area contributed by atoms with Gasteiger partial charge in [0.25, 0.3) is 5.88 Å². The quantitative estimate of drug-likeness (QED) is 0.435. The Balaban J connectivity index is 2.31. The average Bonchev–Trinajstić information content (AvgIpc) is 2.87. The first-order chi connectivity index (χ1) is 6.66. The first-order valence-electron chi connectivity index (χ1n) is 4.00. The second-order valence-electron chi connectivity index (χ2n) is 2.90. The number of ether oxygens (including phenoxy) is 1. The van der Waals surface area contributed by atoms with Crippen LogP contribution in [-0.4, -0.2) is 21.0 Å². The Labute approximate surface area is 84.0 Å². The molecule has 1 aliphatic rings. The maximum atomic E-state index is 10.5. The Hall–Kier alpha value is -1.43. The lowest BCUT2D eigenvalue weighted by molar-refractivity contribution is -0.386. The summed E-state index contributed by atoms with van der Waals surface area (Å²) < 4.78 is 5.22. The van der Waals surface area contributed by atoms with Gasteiger partial charge < -0.3 is 4.74 Å². The largest absolute Gasteiger partial charge is 0.469 e. The van der Waals surface area contributed by atoms with Gasteiger partial charge in [-0.05, 0) is 24.4 Å². The number of halogens is 1. The standard InChI is InChI=1S/C7H6ClN3O3/c8-7-9-3-5(11(12)13)6(10-7)14-4-1-2-4/h3-4H,1-2H2. The zero-order valence-electron chi connectivity index (χ0n) is 7.01. The fourth-order valence-electron chi connectivity index (χ4n) is 0.895. The van der Waals surface area contributed by atoms with Gasteiger partial charge in [0.05, 0.1) is 4.92 Å². The van der Waals surface area contributed by atoms with Crippen molar-refractivity contribution in [2.75, 3.05) is 0 Å². The zero-order chi connectivity index (χ0) is 10.1. The smallest absolute Gasteiger partial charge is 0.349 e. The van der Waals surface area contributed by atoms with Crippen LogP contribution < -0.4 is 4.74 Å². The highest BCUT2D eigenvalue weighted by atomic mass is 35.5. The highest BCUT2D eigenvalue weighted by molar-refractivity contribution is 6.28. The minimum atomic E-state index is -0.589. The molecule has 6 nitrogen and oxygen atoms in total. The summed E-state index contributed by atoms with van der Waals surface area (Å²) >= 11 is 5.50. The van der Waals surface area contributed by atoms with Gasteiger partial charge in [0.2, 0.25) is 5.28 Å². The van der Waals surface area contributed by atoms with E-state index in [1.165, 1.54) is 0 Å². The molecule has 0 bridgehead atoms. The molecule has 0 aliphatic heterocycles. The number of hydrogen-bond donors (Lipinski definition) is 0. The minimum Gasteiger partial charge on any atom is -0.469 e. The molecular formula is C7H6ClN3O3. The lowest BCUT2D eigenvalue weighted by Crippen LogP contribution is -2.03. The van der Waals surface area contributed by atoms with Crippen molar-refractivity contribution in [1.29, 1.82) is 0 Å². The molecule has 0 amide bonds. The summed E-state index contributed by atoms with van der Waals surface area (Å²) in [6.45, 7) is 0. The molecule has 0 aromatic carbocycles. The summed E-state index contributed by atoms with van der Waals surface area (Å²) in [7, 11) is 0. The van der Waals surface area contributed by atoms with E-state index in [9.17, 15) is 10.1 Å². The molecule has 74 valence electrons. The van der Waals surface area contributed by atoms with Crippen LogP contribution in [0.1, 0.15) is 12.8 Å². The van der Waals surface area contributed by atoms with Crippen LogP contribution in [0.5, 0.6) is 5.88 Å². The van der Waals surface area contributed by atoms with Gasteiger partial charge in [0, 0.05) is 0 Å². The van der Waals surface area contributed by atoms with Gasteiger partial charge in [-0.3, -0.25) is 10.1 Å². The van der Waals surface area contributed by atoms with Crippen molar-refractivity contribution >= 4 is 17.3 Å². The van der Waals surface area contributed by atoms with Gasteiger partial charge in [-0.2, -0.15) is 4.98 Å². The molecule has 1 aromatic heterocycles. The van der Waals surface area contributed by atoms with Gasteiger partial charge in [-0.25, -0.2) is 4.98 Å². The highest BCUT2D eigenvalue weighted by Gasteiger charge is 2.28. The SMILES string of the molecule is O=[N+]([O-])c1cnc(Cl)nc1OC1CC1. The van der Waals surface area contributed by atoms with Crippen molar-refractivity contribution < 1.29 is 9.66 Å². The molecule has 1 aromatic rings. The van der Waals surface area contributed by atoms with Crippen molar-refractivity contribution in [1.82, 2.24) is 9.97 Å². The van der Waals surface area contributed by atoms with Gasteiger partial charge in [-0.1, -0.05) is 0 Å². The molecule has 0 radical (unpaired) electrons. The first-order valence-corrected chi connectivity index (χ1v) is 4.38. The van der Waals surface area contributed by atoms with Gasteiger partial charge >= 0.3 is 5.69 Å². The van der Waals surface area contributed by atoms with E-state index in [0.717, 1.165) is 19.0 Å². The van der Waals surface area contributed by atoms with Gasteiger partial charge in [-0.15, -0.1) is 0 Å². The summed E-state index contributed by atoms with van der Waals surface area (Å²) in [5.41, 5.74) is -0.249. The van der Waals surface area contributed by atoms with Crippen LogP contribution in [0.25, 0.3) is 0 Å². The molecule has 1 aliphatic carbocycles. The van der Waals surface area contributed by atoms with Crippen molar-refractivity contribution in [2.45, 2.75) is 18.9 Å². The maximum absolute atomic E-state index is 10.5. The summed E-state index contributed by atoms with van der Waals surface area (Å²) in [6.07, 6.45) is 2.89. The molecule has 7 heteroatoms. The Morgan fingerprint density at radius 2 is 2.36 bits per heavy atom. The highest BCUT2D eigenvalue weighted by Crippen LogP contribution is 2.31. The van der Waals surface area contributed by atoms with Crippen molar-refractivity contribution in [2.24, 2.45) is 0 Å². The Morgan fingerprint density at radius 1 is 1.64 bits per heavy atom. The van der Waals surface area contributed by atoms with Crippen LogP contribution in [0.15, 0.2) is 6.20 Å². The van der Waals surface area contributed by atoms with E-state index >= 15 is 0 Å². The predicted octanol–water partition coefficient (Wildman–Crippen LogP) is 1.58. The van der Waals surface area contributed by atoms with E-state index in [0.29, 0.717) is 0 Å². The van der Waals surface area contributed by atoms with E-state index in [1.54, 1.807) is 0 Å². The van der Waals surface area contributed by atoms with Gasteiger partial charge in [0.1, 0.15) is 12.3 Å². The average molecular weight is 216 g/mol. The summed E-state index contributed by atoms with van der Waals surface area (Å²) in [6, 6.07) is 0. The van der Waals surface area contributed by atoms with Crippen LogP contribution in [0.3, 0.4) is 0 Å². The van der Waals surface area contributed by atoms with E-state index in [4.69, 9.17) is 16.3 Å². The zero-order valence-corrected chi connectivity index (χ0v) is 7.77. The molecule has 14 heavy (non-hydrogen) atoms. The lowest BCUT2D eigenvalue weighted by atomic mass is 10.5. The predicted molar refractivity (Wildman–Crippen MR) is 47.3 cm³/mol. The number of rotatable bonds is 3. The van der Waals surface area contributed by atoms with Crippen LogP contribution >= 0.6 is 11.6 Å². The number of nitrogens with zero attached hydrogens (tertiary/aromatic N) is 3. The maximum Gasteiger partial charge on any atom is 0.349 e. The lowest BCUT2D eigenvalue weighted by Gasteiger charge is -2.02. The first kappa shape index (κ1) is 9.14. The molecule has 0 spiro atoms. The molecule has 1 heterocycles. The van der Waals surface area contributed by atoms with Gasteiger partial charge in [0.15, 0.2) is 0 Å². The van der Waals surface area contributed by atoms with Crippen LogP contribution in [-0.2, 0) is 0 Å². The Kier molecular flexibility index (Phi) is 2.20. The number of nitro groups is 1. The molecule has 2 rings (SSSR count). The molecule has 1 saturated carbocycles. The molecule has 0 atom stereocenters. The van der Waals surface area contributed by atoms with Crippen LogP contribution in [0.2, 0.25) is 5.28 Å². The Bertz CT molecular complexity index is 380. The fraction of sp³-hybridized carbons (Fsp3) is 0.429. The van der Waals surface area contributed by atoms with Crippen molar-refractivity contribution in [3.05, 3.63) is 21.6 Å². The number of aromatic nitrogens is 2. The van der Waals surface area contributed by atoms with Crippen LogP contribution in [0, 0.1) is 10.1 Å². The van der Waals surface area contributed by atoms with Crippen LogP contribution in [0.4, 0.5) is 5.69 Å². The minimum absolute atomic E-state index is 0.0414. The third-order valence-electron chi connectivity index (χ3n) is 1.71. The topological polar surface area (TPSA) is 78.2 Å². The fourth-order valence-corrected chi connectivity index (χ4v) is 1.02. The third-order valence-corrected chi connectivity index (χ3v) is 1.89. The normalized spacial score (nSPS) is 15.2. The summed E-state index contributed by atoms with van der Waals surface area (Å²) in [5.74, 6) is -0.0440. The van der Waals surface area contributed by atoms with E-state index in [-0.39, 0.29) is 23.0 Å². The monoisotopic (exact) mass is 215 g/mol. The molecular weight excluding hydrogens is 210 g/mol. The molecule has 0 unspecified atom stereocenters. The summed E-state index contributed by atoms with van der Waals surface area (Å²) in [4.78, 5) is 17.1. The third kappa shape index (κ3) is 1.90. The second-order valence-corrected chi connectivity index (χ2v) is 3.24. The van der Waals surface area contributed by atoms with E-state index < -0.39 is 4.92 Å². The van der Waals surface area contributed by atoms with Crippen molar-refractivity contribution in [3.63, 3.8) is 0 Å². The Morgan fingerprint density at radius 3 is 2.93 bits per heavy atom. The van der Waals surface area contributed by atoms with E-state index in [2.05, 4.69) is 9.97 Å². The molecule has 0 saturated heterocycles. The second kappa shape index (κ2) is 3.38. The van der Waals surface area contributed by atoms with Crippen molar-refractivity contribution in [3.8, 4) is 5.88 Å². The molecule has 1 fully saturated rings.